The number of benzene rings is 1. The molecule has 2 aliphatic heterocycles. The standard InChI is InChI=1S/C19H29N3O2/c23-13-10-18-8-4-5-11-22(18)19(24)20-14-16-9-12-21(15-16)17-6-2-1-3-7-17/h1-3,6-7,16,18,23H,4-5,8-15H2,(H,20,24). The number of hydrogen-bond acceptors (Lipinski definition) is 3. The van der Waals surface area contributed by atoms with Crippen molar-refractivity contribution < 1.29 is 9.90 Å². The fourth-order valence-corrected chi connectivity index (χ4v) is 3.92. The van der Waals surface area contributed by atoms with E-state index >= 15 is 0 Å². The number of likely N-dealkylation sites (tertiary alicyclic amines) is 1. The number of urea groups is 1. The maximum atomic E-state index is 12.5. The third-order valence-electron chi connectivity index (χ3n) is 5.30. The second-order valence-electron chi connectivity index (χ2n) is 6.98. The molecular weight excluding hydrogens is 302 g/mol. The largest absolute Gasteiger partial charge is 0.396 e. The molecular formula is C19H29N3O2. The van der Waals surface area contributed by atoms with Crippen LogP contribution >= 0.6 is 0 Å². The Kier molecular flexibility index (Phi) is 5.96. The number of aliphatic hydroxyl groups excluding tert-OH is 1. The van der Waals surface area contributed by atoms with Crippen LogP contribution in [0.25, 0.3) is 0 Å². The SMILES string of the molecule is O=C(NCC1CCN(c2ccccc2)C1)N1CCCCC1CCO. The van der Waals surface area contributed by atoms with Crippen LogP contribution in [-0.2, 0) is 0 Å². The van der Waals surface area contributed by atoms with Crippen molar-refractivity contribution >= 4 is 11.7 Å². The Morgan fingerprint density at radius 2 is 2.00 bits per heavy atom. The maximum absolute atomic E-state index is 12.5. The van der Waals surface area contributed by atoms with Gasteiger partial charge in [0, 0.05) is 44.5 Å². The predicted octanol–water partition coefficient (Wildman–Crippen LogP) is 2.46. The van der Waals surface area contributed by atoms with Crippen LogP contribution < -0.4 is 10.2 Å². The fourth-order valence-electron chi connectivity index (χ4n) is 3.92. The second kappa shape index (κ2) is 8.38. The summed E-state index contributed by atoms with van der Waals surface area (Å²) in [6.07, 6.45) is 5.05. The number of rotatable bonds is 5. The van der Waals surface area contributed by atoms with Gasteiger partial charge in [0.1, 0.15) is 0 Å². The summed E-state index contributed by atoms with van der Waals surface area (Å²) < 4.78 is 0. The second-order valence-corrected chi connectivity index (χ2v) is 6.98. The highest BCUT2D eigenvalue weighted by atomic mass is 16.3. The molecule has 2 amide bonds. The zero-order chi connectivity index (χ0) is 16.8. The molecule has 24 heavy (non-hydrogen) atoms. The van der Waals surface area contributed by atoms with Gasteiger partial charge in [0.25, 0.3) is 0 Å². The summed E-state index contributed by atoms with van der Waals surface area (Å²) in [6, 6.07) is 10.7. The molecule has 0 aliphatic carbocycles. The number of nitrogens with zero attached hydrogens (tertiary/aromatic N) is 2. The van der Waals surface area contributed by atoms with Crippen LogP contribution in [0.15, 0.2) is 30.3 Å². The molecule has 5 nitrogen and oxygen atoms in total. The lowest BCUT2D eigenvalue weighted by Gasteiger charge is -2.35. The summed E-state index contributed by atoms with van der Waals surface area (Å²) in [5, 5.41) is 12.3. The number of piperidine rings is 1. The molecule has 2 heterocycles. The number of carbonyl (C=O) groups excluding carboxylic acids is 1. The monoisotopic (exact) mass is 331 g/mol. The molecule has 5 heteroatoms. The molecule has 132 valence electrons. The average Bonchev–Trinajstić information content (AvgIpc) is 3.10. The number of hydrogen-bond donors (Lipinski definition) is 2. The lowest BCUT2D eigenvalue weighted by Crippen LogP contribution is -2.50. The highest BCUT2D eigenvalue weighted by molar-refractivity contribution is 5.74. The van der Waals surface area contributed by atoms with E-state index in [4.69, 9.17) is 0 Å². The molecule has 0 saturated carbocycles. The van der Waals surface area contributed by atoms with Gasteiger partial charge in [-0.25, -0.2) is 4.79 Å². The van der Waals surface area contributed by atoms with Crippen molar-refractivity contribution in [3.63, 3.8) is 0 Å². The summed E-state index contributed by atoms with van der Waals surface area (Å²) in [7, 11) is 0. The Hall–Kier alpha value is -1.75. The third kappa shape index (κ3) is 4.20. The van der Waals surface area contributed by atoms with Crippen molar-refractivity contribution in [2.75, 3.05) is 37.7 Å². The molecule has 2 fully saturated rings. The van der Waals surface area contributed by atoms with Crippen LogP contribution in [0, 0.1) is 5.92 Å². The van der Waals surface area contributed by atoms with Gasteiger partial charge in [0.2, 0.25) is 0 Å². The van der Waals surface area contributed by atoms with Gasteiger partial charge in [-0.1, -0.05) is 18.2 Å². The molecule has 2 atom stereocenters. The van der Waals surface area contributed by atoms with Gasteiger partial charge >= 0.3 is 6.03 Å². The molecule has 1 aromatic carbocycles. The number of anilines is 1. The van der Waals surface area contributed by atoms with Crippen molar-refractivity contribution in [3.05, 3.63) is 30.3 Å². The Balaban J connectivity index is 1.46. The molecule has 2 unspecified atom stereocenters. The van der Waals surface area contributed by atoms with Gasteiger partial charge in [-0.15, -0.1) is 0 Å². The van der Waals surface area contributed by atoms with Crippen LogP contribution in [0.3, 0.4) is 0 Å². The van der Waals surface area contributed by atoms with E-state index in [1.807, 2.05) is 11.0 Å². The Morgan fingerprint density at radius 3 is 2.79 bits per heavy atom. The topological polar surface area (TPSA) is 55.8 Å². The smallest absolute Gasteiger partial charge is 0.317 e. The first kappa shape index (κ1) is 17.1. The molecule has 0 aromatic heterocycles. The van der Waals surface area contributed by atoms with E-state index in [0.717, 1.165) is 51.9 Å². The van der Waals surface area contributed by atoms with Crippen molar-refractivity contribution in [1.29, 1.82) is 0 Å². The highest BCUT2D eigenvalue weighted by Gasteiger charge is 2.28. The average molecular weight is 331 g/mol. The minimum atomic E-state index is 0.0475. The van der Waals surface area contributed by atoms with Gasteiger partial charge in [0.15, 0.2) is 0 Å². The first-order chi connectivity index (χ1) is 11.8. The van der Waals surface area contributed by atoms with Crippen LogP contribution in [0.5, 0.6) is 0 Å². The molecule has 0 spiro atoms. The van der Waals surface area contributed by atoms with Crippen molar-refractivity contribution in [3.8, 4) is 0 Å². The Morgan fingerprint density at radius 1 is 1.17 bits per heavy atom. The Labute approximate surface area is 144 Å². The summed E-state index contributed by atoms with van der Waals surface area (Å²) in [5.41, 5.74) is 1.27. The van der Waals surface area contributed by atoms with Crippen molar-refractivity contribution in [1.82, 2.24) is 10.2 Å². The van der Waals surface area contributed by atoms with Crippen molar-refractivity contribution in [2.24, 2.45) is 5.92 Å². The number of nitrogens with one attached hydrogen (secondary N) is 1. The third-order valence-corrected chi connectivity index (χ3v) is 5.30. The zero-order valence-electron chi connectivity index (χ0n) is 14.4. The number of para-hydroxylation sites is 1. The minimum absolute atomic E-state index is 0.0475. The van der Waals surface area contributed by atoms with E-state index in [2.05, 4.69) is 34.5 Å². The summed E-state index contributed by atoms with van der Waals surface area (Å²) >= 11 is 0. The Bertz CT molecular complexity index is 521. The van der Waals surface area contributed by atoms with Crippen LogP contribution in [0.1, 0.15) is 32.1 Å². The number of aliphatic hydroxyl groups is 1. The van der Waals surface area contributed by atoms with Crippen LogP contribution in [0.2, 0.25) is 0 Å². The predicted molar refractivity (Wildman–Crippen MR) is 96.2 cm³/mol. The molecule has 0 bridgehead atoms. The quantitative estimate of drug-likeness (QED) is 0.871. The first-order valence-corrected chi connectivity index (χ1v) is 9.23. The van der Waals surface area contributed by atoms with Crippen molar-refractivity contribution in [2.45, 2.75) is 38.1 Å². The molecule has 2 N–H and O–H groups in total. The molecule has 3 rings (SSSR count). The van der Waals surface area contributed by atoms with Gasteiger partial charge in [-0.3, -0.25) is 0 Å². The van der Waals surface area contributed by atoms with E-state index < -0.39 is 0 Å². The lowest BCUT2D eigenvalue weighted by molar-refractivity contribution is 0.131. The van der Waals surface area contributed by atoms with Gasteiger partial charge in [-0.05, 0) is 50.2 Å². The maximum Gasteiger partial charge on any atom is 0.317 e. The first-order valence-electron chi connectivity index (χ1n) is 9.23. The van der Waals surface area contributed by atoms with Gasteiger partial charge in [-0.2, -0.15) is 0 Å². The van der Waals surface area contributed by atoms with E-state index in [9.17, 15) is 9.90 Å². The molecule has 1 aromatic rings. The highest BCUT2D eigenvalue weighted by Crippen LogP contribution is 2.23. The van der Waals surface area contributed by atoms with E-state index in [0.29, 0.717) is 12.3 Å². The number of carbonyl (C=O) groups is 1. The lowest BCUT2D eigenvalue weighted by atomic mass is 10.00. The number of amides is 2. The van der Waals surface area contributed by atoms with E-state index in [1.54, 1.807) is 0 Å². The molecule has 2 aliphatic rings. The van der Waals surface area contributed by atoms with Gasteiger partial charge in [0.05, 0.1) is 0 Å². The summed E-state index contributed by atoms with van der Waals surface area (Å²) in [4.78, 5) is 16.8. The van der Waals surface area contributed by atoms with Crippen LogP contribution in [0.4, 0.5) is 10.5 Å². The molecule has 2 saturated heterocycles. The zero-order valence-corrected chi connectivity index (χ0v) is 14.4. The van der Waals surface area contributed by atoms with E-state index in [-0.39, 0.29) is 18.7 Å². The summed E-state index contributed by atoms with van der Waals surface area (Å²) in [6.45, 7) is 3.77. The fraction of sp³-hybridized carbons (Fsp3) is 0.632. The summed E-state index contributed by atoms with van der Waals surface area (Å²) in [5.74, 6) is 0.509. The van der Waals surface area contributed by atoms with Gasteiger partial charge < -0.3 is 20.2 Å². The normalized spacial score (nSPS) is 24.2. The van der Waals surface area contributed by atoms with Crippen LogP contribution in [-0.4, -0.2) is 54.9 Å². The minimum Gasteiger partial charge on any atom is -0.396 e. The molecule has 0 radical (unpaired) electrons. The van der Waals surface area contributed by atoms with E-state index in [1.165, 1.54) is 5.69 Å².